The van der Waals surface area contributed by atoms with Crippen LogP contribution in [0.2, 0.25) is 0 Å². The molecule has 26 heavy (non-hydrogen) atoms. The Hall–Kier alpha value is -0.570. The Kier molecular flexibility index (Phi) is 16.2. The summed E-state index contributed by atoms with van der Waals surface area (Å²) >= 11 is 0. The van der Waals surface area contributed by atoms with Crippen molar-refractivity contribution in [3.63, 3.8) is 0 Å². The summed E-state index contributed by atoms with van der Waals surface area (Å²) in [7, 11) is 0. The number of carbonyl (C=O) groups excluding carboxylic acids is 1. The SMILES string of the molecule is CC(C)CCCC(C)CCCC(C)CCCC(C)CCNC(=O)CCN. The predicted molar refractivity (Wildman–Crippen MR) is 115 cm³/mol. The lowest BCUT2D eigenvalue weighted by Gasteiger charge is -2.16. The summed E-state index contributed by atoms with van der Waals surface area (Å²) in [5.74, 6) is 3.39. The van der Waals surface area contributed by atoms with E-state index in [1.807, 2.05) is 0 Å². The second-order valence-corrected chi connectivity index (χ2v) is 9.18. The number of nitrogens with two attached hydrogens (primary N) is 1. The zero-order valence-corrected chi connectivity index (χ0v) is 18.5. The van der Waals surface area contributed by atoms with Gasteiger partial charge >= 0.3 is 0 Å². The first kappa shape index (κ1) is 25.4. The second kappa shape index (κ2) is 16.6. The Labute approximate surface area is 164 Å². The van der Waals surface area contributed by atoms with Gasteiger partial charge in [0.2, 0.25) is 5.91 Å². The highest BCUT2D eigenvalue weighted by atomic mass is 16.1. The van der Waals surface area contributed by atoms with Gasteiger partial charge in [-0.05, 0) is 30.1 Å². The molecule has 0 fully saturated rings. The molecule has 0 aliphatic heterocycles. The van der Waals surface area contributed by atoms with Gasteiger partial charge in [-0.25, -0.2) is 0 Å². The van der Waals surface area contributed by atoms with E-state index in [2.05, 4.69) is 39.9 Å². The van der Waals surface area contributed by atoms with Gasteiger partial charge in [-0.1, -0.05) is 92.4 Å². The Morgan fingerprint density at radius 2 is 1.15 bits per heavy atom. The van der Waals surface area contributed by atoms with Gasteiger partial charge in [0.25, 0.3) is 0 Å². The lowest BCUT2D eigenvalue weighted by atomic mass is 9.91. The van der Waals surface area contributed by atoms with Crippen molar-refractivity contribution in [2.45, 2.75) is 105 Å². The van der Waals surface area contributed by atoms with E-state index in [4.69, 9.17) is 5.73 Å². The zero-order valence-electron chi connectivity index (χ0n) is 18.5. The summed E-state index contributed by atoms with van der Waals surface area (Å²) in [6.07, 6.45) is 13.9. The molecule has 0 bridgehead atoms. The number of nitrogens with one attached hydrogen (secondary N) is 1. The third kappa shape index (κ3) is 16.9. The van der Waals surface area contributed by atoms with Crippen LogP contribution in [0.15, 0.2) is 0 Å². The topological polar surface area (TPSA) is 55.1 Å². The van der Waals surface area contributed by atoms with Crippen LogP contribution in [0, 0.1) is 23.7 Å². The molecule has 0 radical (unpaired) electrons. The summed E-state index contributed by atoms with van der Waals surface area (Å²) in [5, 5.41) is 2.95. The fourth-order valence-electron chi connectivity index (χ4n) is 3.61. The first-order valence-electron chi connectivity index (χ1n) is 11.3. The average molecular weight is 369 g/mol. The molecule has 3 unspecified atom stereocenters. The Morgan fingerprint density at radius 1 is 0.731 bits per heavy atom. The van der Waals surface area contributed by atoms with Crippen molar-refractivity contribution < 1.29 is 4.79 Å². The maximum atomic E-state index is 11.4. The van der Waals surface area contributed by atoms with Crippen molar-refractivity contribution in [2.24, 2.45) is 29.4 Å². The maximum Gasteiger partial charge on any atom is 0.221 e. The van der Waals surface area contributed by atoms with Crippen LogP contribution in [-0.4, -0.2) is 19.0 Å². The van der Waals surface area contributed by atoms with Gasteiger partial charge in [0.1, 0.15) is 0 Å². The highest BCUT2D eigenvalue weighted by Gasteiger charge is 2.08. The van der Waals surface area contributed by atoms with E-state index in [0.29, 0.717) is 18.9 Å². The van der Waals surface area contributed by atoms with Gasteiger partial charge in [0.05, 0.1) is 0 Å². The normalized spacial score (nSPS) is 15.0. The first-order chi connectivity index (χ1) is 12.3. The average Bonchev–Trinajstić information content (AvgIpc) is 2.54. The van der Waals surface area contributed by atoms with Crippen molar-refractivity contribution in [3.05, 3.63) is 0 Å². The predicted octanol–water partition coefficient (Wildman–Crippen LogP) is 5.92. The van der Waals surface area contributed by atoms with E-state index >= 15 is 0 Å². The minimum Gasteiger partial charge on any atom is -0.356 e. The standard InChI is InChI=1S/C23H48N2O/c1-19(2)9-6-10-20(3)11-7-12-21(4)13-8-14-22(5)16-18-25-23(26)15-17-24/h19-22H,6-18,24H2,1-5H3,(H,25,26). The zero-order chi connectivity index (χ0) is 19.8. The summed E-state index contributed by atoms with van der Waals surface area (Å²) in [4.78, 5) is 11.4. The molecule has 0 rings (SSSR count). The molecule has 3 atom stereocenters. The highest BCUT2D eigenvalue weighted by Crippen LogP contribution is 2.22. The van der Waals surface area contributed by atoms with Crippen molar-refractivity contribution >= 4 is 5.91 Å². The number of amides is 1. The van der Waals surface area contributed by atoms with Gasteiger partial charge in [0.15, 0.2) is 0 Å². The molecule has 3 nitrogen and oxygen atoms in total. The van der Waals surface area contributed by atoms with Gasteiger partial charge in [-0.3, -0.25) is 4.79 Å². The fraction of sp³-hybridized carbons (Fsp3) is 0.957. The van der Waals surface area contributed by atoms with Crippen molar-refractivity contribution in [1.29, 1.82) is 0 Å². The molecule has 0 aliphatic rings. The fourth-order valence-corrected chi connectivity index (χ4v) is 3.61. The molecule has 3 heteroatoms. The molecular weight excluding hydrogens is 320 g/mol. The van der Waals surface area contributed by atoms with Crippen LogP contribution in [0.3, 0.4) is 0 Å². The molecule has 0 aromatic heterocycles. The lowest BCUT2D eigenvalue weighted by molar-refractivity contribution is -0.120. The van der Waals surface area contributed by atoms with Gasteiger partial charge < -0.3 is 11.1 Å². The van der Waals surface area contributed by atoms with Crippen LogP contribution in [0.4, 0.5) is 0 Å². The number of hydrogen-bond donors (Lipinski definition) is 2. The smallest absolute Gasteiger partial charge is 0.221 e. The maximum absolute atomic E-state index is 11.4. The van der Waals surface area contributed by atoms with Crippen LogP contribution in [-0.2, 0) is 4.79 Å². The van der Waals surface area contributed by atoms with Crippen molar-refractivity contribution in [2.75, 3.05) is 13.1 Å². The molecule has 0 aromatic carbocycles. The van der Waals surface area contributed by atoms with E-state index in [1.54, 1.807) is 0 Å². The van der Waals surface area contributed by atoms with Crippen LogP contribution in [0.1, 0.15) is 105 Å². The highest BCUT2D eigenvalue weighted by molar-refractivity contribution is 5.75. The van der Waals surface area contributed by atoms with Gasteiger partial charge in [-0.15, -0.1) is 0 Å². The first-order valence-corrected chi connectivity index (χ1v) is 11.3. The molecule has 3 N–H and O–H groups in total. The summed E-state index contributed by atoms with van der Waals surface area (Å²) in [6, 6.07) is 0. The van der Waals surface area contributed by atoms with Crippen LogP contribution in [0.25, 0.3) is 0 Å². The molecule has 0 saturated carbocycles. The van der Waals surface area contributed by atoms with E-state index < -0.39 is 0 Å². The Bertz CT molecular complexity index is 330. The Morgan fingerprint density at radius 3 is 1.58 bits per heavy atom. The molecule has 0 aliphatic carbocycles. The largest absolute Gasteiger partial charge is 0.356 e. The monoisotopic (exact) mass is 368 g/mol. The number of carbonyl (C=O) groups is 1. The van der Waals surface area contributed by atoms with Crippen molar-refractivity contribution in [1.82, 2.24) is 5.32 Å². The number of rotatable bonds is 17. The molecule has 156 valence electrons. The lowest BCUT2D eigenvalue weighted by Crippen LogP contribution is -2.27. The van der Waals surface area contributed by atoms with Gasteiger partial charge in [0, 0.05) is 19.5 Å². The summed E-state index contributed by atoms with van der Waals surface area (Å²) < 4.78 is 0. The molecule has 0 spiro atoms. The van der Waals surface area contributed by atoms with E-state index in [-0.39, 0.29) is 5.91 Å². The molecule has 0 saturated heterocycles. The minimum atomic E-state index is 0.0896. The van der Waals surface area contributed by atoms with E-state index in [1.165, 1.54) is 57.8 Å². The van der Waals surface area contributed by atoms with Gasteiger partial charge in [-0.2, -0.15) is 0 Å². The summed E-state index contributed by atoms with van der Waals surface area (Å²) in [5.41, 5.74) is 5.38. The second-order valence-electron chi connectivity index (χ2n) is 9.18. The molecule has 1 amide bonds. The third-order valence-corrected chi connectivity index (χ3v) is 5.60. The van der Waals surface area contributed by atoms with E-state index in [9.17, 15) is 4.79 Å². The third-order valence-electron chi connectivity index (χ3n) is 5.60. The minimum absolute atomic E-state index is 0.0896. The van der Waals surface area contributed by atoms with Crippen molar-refractivity contribution in [3.8, 4) is 0 Å². The van der Waals surface area contributed by atoms with Crippen LogP contribution in [0.5, 0.6) is 0 Å². The molecule has 0 heterocycles. The summed E-state index contributed by atoms with van der Waals surface area (Å²) in [6.45, 7) is 13.0. The van der Waals surface area contributed by atoms with E-state index in [0.717, 1.165) is 30.7 Å². The van der Waals surface area contributed by atoms with Crippen LogP contribution < -0.4 is 11.1 Å². The van der Waals surface area contributed by atoms with Crippen LogP contribution >= 0.6 is 0 Å². The molecular formula is C23H48N2O. The Balaban J connectivity index is 3.55. The number of hydrogen-bond acceptors (Lipinski definition) is 2. The molecule has 0 aromatic rings. The quantitative estimate of drug-likeness (QED) is 0.335.